The molecule has 1 aliphatic rings. The normalized spacial score (nSPS) is 15.9. The third-order valence-electron chi connectivity index (χ3n) is 5.15. The van der Waals surface area contributed by atoms with Gasteiger partial charge in [-0.3, -0.25) is 14.3 Å². The Morgan fingerprint density at radius 3 is 2.39 bits per heavy atom. The Labute approximate surface area is 193 Å². The second-order valence-corrected chi connectivity index (χ2v) is 10.0. The minimum atomic E-state index is -4.13. The summed E-state index contributed by atoms with van der Waals surface area (Å²) in [6, 6.07) is 11.1. The molecule has 11 heteroatoms. The number of thiophene rings is 1. The molecule has 2 N–H and O–H groups in total. The van der Waals surface area contributed by atoms with E-state index in [2.05, 4.69) is 10.0 Å². The number of hydrogen-bond donors (Lipinski definition) is 2. The Morgan fingerprint density at radius 1 is 1.00 bits per heavy atom. The van der Waals surface area contributed by atoms with Crippen LogP contribution in [0.15, 0.2) is 64.9 Å². The van der Waals surface area contributed by atoms with Crippen molar-refractivity contribution in [1.29, 1.82) is 0 Å². The molecule has 4 rings (SSSR count). The predicted octanol–water partition coefficient (Wildman–Crippen LogP) is 4.07. The summed E-state index contributed by atoms with van der Waals surface area (Å²) in [5, 5.41) is 4.56. The van der Waals surface area contributed by atoms with Gasteiger partial charge in [0.25, 0.3) is 15.9 Å². The summed E-state index contributed by atoms with van der Waals surface area (Å²) < 4.78 is 53.5. The molecule has 0 aliphatic carbocycles. The Morgan fingerprint density at radius 2 is 1.73 bits per heavy atom. The lowest BCUT2D eigenvalue weighted by molar-refractivity contribution is -0.119. The average molecular weight is 492 g/mol. The van der Waals surface area contributed by atoms with Crippen LogP contribution in [0.25, 0.3) is 0 Å². The van der Waals surface area contributed by atoms with Gasteiger partial charge in [-0.25, -0.2) is 17.2 Å². The van der Waals surface area contributed by atoms with E-state index in [0.717, 1.165) is 18.6 Å². The van der Waals surface area contributed by atoms with Crippen molar-refractivity contribution >= 4 is 44.5 Å². The maximum atomic E-state index is 13.4. The van der Waals surface area contributed by atoms with E-state index < -0.39 is 32.6 Å². The zero-order valence-corrected chi connectivity index (χ0v) is 18.8. The van der Waals surface area contributed by atoms with E-state index in [-0.39, 0.29) is 17.5 Å². The van der Waals surface area contributed by atoms with Crippen molar-refractivity contribution in [2.24, 2.45) is 0 Å². The van der Waals surface area contributed by atoms with E-state index in [1.165, 1.54) is 35.6 Å². The Bertz CT molecular complexity index is 1280. The number of halogens is 2. The lowest BCUT2D eigenvalue weighted by Gasteiger charge is -2.23. The molecule has 2 amide bonds. The summed E-state index contributed by atoms with van der Waals surface area (Å²) >= 11 is 1.32. The highest BCUT2D eigenvalue weighted by atomic mass is 32.2. The molecule has 1 aromatic heterocycles. The maximum absolute atomic E-state index is 13.4. The van der Waals surface area contributed by atoms with Gasteiger partial charge in [-0.1, -0.05) is 6.07 Å². The highest BCUT2D eigenvalue weighted by molar-refractivity contribution is 7.92. The fraction of sp³-hybridized carbons (Fsp3) is 0.182. The number of likely N-dealkylation sites (tertiary alicyclic amines) is 1. The van der Waals surface area contributed by atoms with Crippen molar-refractivity contribution in [2.45, 2.75) is 23.8 Å². The quantitative estimate of drug-likeness (QED) is 0.543. The van der Waals surface area contributed by atoms with Gasteiger partial charge in [-0.05, 0) is 66.8 Å². The molecule has 0 bridgehead atoms. The molecule has 33 heavy (non-hydrogen) atoms. The van der Waals surface area contributed by atoms with Crippen LogP contribution in [0.5, 0.6) is 0 Å². The Hall–Kier alpha value is -3.31. The van der Waals surface area contributed by atoms with Crippen LogP contribution in [0.1, 0.15) is 22.5 Å². The van der Waals surface area contributed by atoms with E-state index in [4.69, 9.17) is 0 Å². The standard InChI is InChI=1S/C22H19F2N3O4S2/c23-17-10-9-16(13-18(17)24)33(30,31)26-15-7-5-14(6-8-15)25-21(28)19-3-1-11-27(19)22(29)20-4-2-12-32-20/h2,4-10,12-13,19,26H,1,3,11H2,(H,25,28)/t19-/m0/s1. The smallest absolute Gasteiger partial charge is 0.264 e. The first-order chi connectivity index (χ1) is 15.7. The van der Waals surface area contributed by atoms with Gasteiger partial charge in [0.15, 0.2) is 11.6 Å². The lowest BCUT2D eigenvalue weighted by Crippen LogP contribution is -2.42. The van der Waals surface area contributed by atoms with Crippen molar-refractivity contribution in [3.8, 4) is 0 Å². The number of sulfonamides is 1. The van der Waals surface area contributed by atoms with Gasteiger partial charge in [0.1, 0.15) is 6.04 Å². The second-order valence-electron chi connectivity index (χ2n) is 7.38. The first kappa shape index (κ1) is 22.9. The minimum Gasteiger partial charge on any atom is -0.326 e. The van der Waals surface area contributed by atoms with Gasteiger partial charge in [0.05, 0.1) is 9.77 Å². The topological polar surface area (TPSA) is 95.6 Å². The fourth-order valence-electron chi connectivity index (χ4n) is 3.53. The Kier molecular flexibility index (Phi) is 6.43. The molecule has 0 radical (unpaired) electrons. The molecule has 2 heterocycles. The van der Waals surface area contributed by atoms with Crippen LogP contribution in [-0.2, 0) is 14.8 Å². The van der Waals surface area contributed by atoms with Gasteiger partial charge >= 0.3 is 0 Å². The van der Waals surface area contributed by atoms with Crippen LogP contribution >= 0.6 is 11.3 Å². The molecule has 0 saturated carbocycles. The summed E-state index contributed by atoms with van der Waals surface area (Å²) in [6.45, 7) is 0.500. The van der Waals surface area contributed by atoms with Gasteiger partial charge in [0, 0.05) is 17.9 Å². The molecular weight excluding hydrogens is 472 g/mol. The van der Waals surface area contributed by atoms with Crippen LogP contribution in [0, 0.1) is 11.6 Å². The van der Waals surface area contributed by atoms with Gasteiger partial charge in [-0.2, -0.15) is 0 Å². The third-order valence-corrected chi connectivity index (χ3v) is 7.39. The molecule has 0 unspecified atom stereocenters. The number of amides is 2. The number of anilines is 2. The highest BCUT2D eigenvalue weighted by Crippen LogP contribution is 2.24. The van der Waals surface area contributed by atoms with Crippen molar-refractivity contribution < 1.29 is 26.8 Å². The molecule has 172 valence electrons. The number of nitrogens with zero attached hydrogens (tertiary/aromatic N) is 1. The highest BCUT2D eigenvalue weighted by Gasteiger charge is 2.34. The monoisotopic (exact) mass is 491 g/mol. The number of benzene rings is 2. The van der Waals surface area contributed by atoms with Gasteiger partial charge in [0.2, 0.25) is 5.91 Å². The maximum Gasteiger partial charge on any atom is 0.264 e. The van der Waals surface area contributed by atoms with E-state index in [9.17, 15) is 26.8 Å². The zero-order valence-electron chi connectivity index (χ0n) is 17.1. The van der Waals surface area contributed by atoms with Crippen LogP contribution in [-0.4, -0.2) is 37.7 Å². The van der Waals surface area contributed by atoms with Crippen LogP contribution in [0.4, 0.5) is 20.2 Å². The minimum absolute atomic E-state index is 0.174. The molecule has 1 atom stereocenters. The summed E-state index contributed by atoms with van der Waals surface area (Å²) in [5.41, 5.74) is 0.597. The number of nitrogens with one attached hydrogen (secondary N) is 2. The molecule has 1 aliphatic heterocycles. The van der Waals surface area contributed by atoms with Gasteiger partial charge < -0.3 is 10.2 Å². The van der Waals surface area contributed by atoms with E-state index in [1.807, 2.05) is 0 Å². The Balaban J connectivity index is 1.41. The summed E-state index contributed by atoms with van der Waals surface area (Å²) in [6.07, 6.45) is 1.27. The summed E-state index contributed by atoms with van der Waals surface area (Å²) in [4.78, 5) is 27.2. The van der Waals surface area contributed by atoms with Crippen LogP contribution < -0.4 is 10.0 Å². The van der Waals surface area contributed by atoms with Crippen molar-refractivity contribution in [3.05, 3.63) is 76.5 Å². The van der Waals surface area contributed by atoms with Crippen LogP contribution in [0.2, 0.25) is 0 Å². The van der Waals surface area contributed by atoms with Gasteiger partial charge in [-0.15, -0.1) is 11.3 Å². The largest absolute Gasteiger partial charge is 0.326 e. The second kappa shape index (κ2) is 9.28. The van der Waals surface area contributed by atoms with Crippen molar-refractivity contribution in [2.75, 3.05) is 16.6 Å². The molecule has 3 aromatic rings. The van der Waals surface area contributed by atoms with Crippen molar-refractivity contribution in [1.82, 2.24) is 4.90 Å². The van der Waals surface area contributed by atoms with Crippen LogP contribution in [0.3, 0.4) is 0 Å². The molecule has 7 nitrogen and oxygen atoms in total. The molecular formula is C22H19F2N3O4S2. The zero-order chi connectivity index (χ0) is 23.6. The number of carbonyl (C=O) groups is 2. The molecule has 1 saturated heterocycles. The SMILES string of the molecule is O=C(Nc1ccc(NS(=O)(=O)c2ccc(F)c(F)c2)cc1)[C@@H]1CCCN1C(=O)c1cccs1. The predicted molar refractivity (Wildman–Crippen MR) is 121 cm³/mol. The number of carbonyl (C=O) groups excluding carboxylic acids is 2. The van der Waals surface area contributed by atoms with E-state index >= 15 is 0 Å². The first-order valence-corrected chi connectivity index (χ1v) is 12.3. The van der Waals surface area contributed by atoms with E-state index in [1.54, 1.807) is 22.4 Å². The number of rotatable bonds is 6. The fourth-order valence-corrected chi connectivity index (χ4v) is 5.28. The summed E-state index contributed by atoms with van der Waals surface area (Å²) in [7, 11) is -4.13. The summed E-state index contributed by atoms with van der Waals surface area (Å²) in [5.74, 6) is -2.92. The third kappa shape index (κ3) is 5.04. The molecule has 2 aromatic carbocycles. The average Bonchev–Trinajstić information content (AvgIpc) is 3.48. The molecule has 1 fully saturated rings. The van der Waals surface area contributed by atoms with Crippen molar-refractivity contribution in [3.63, 3.8) is 0 Å². The molecule has 0 spiro atoms. The lowest BCUT2D eigenvalue weighted by atomic mass is 10.2. The number of hydrogen-bond acceptors (Lipinski definition) is 5. The van der Waals surface area contributed by atoms with E-state index in [0.29, 0.717) is 29.6 Å². The first-order valence-electron chi connectivity index (χ1n) is 9.98.